The molecule has 1 saturated heterocycles. The third-order valence-corrected chi connectivity index (χ3v) is 3.77. The van der Waals surface area contributed by atoms with Gasteiger partial charge in [-0.2, -0.15) is 0 Å². The smallest absolute Gasteiger partial charge is 0.227 e. The van der Waals surface area contributed by atoms with Gasteiger partial charge in [-0.3, -0.25) is 4.79 Å². The fourth-order valence-corrected chi connectivity index (χ4v) is 2.67. The Balaban J connectivity index is 2.18. The number of benzene rings is 1. The zero-order valence-corrected chi connectivity index (χ0v) is 12.5. The van der Waals surface area contributed by atoms with Crippen molar-refractivity contribution >= 4 is 5.91 Å². The molecule has 0 aliphatic carbocycles. The average Bonchev–Trinajstić information content (AvgIpc) is 2.47. The third-order valence-electron chi connectivity index (χ3n) is 3.77. The number of hydrogen-bond acceptors (Lipinski definition) is 3. The van der Waals surface area contributed by atoms with E-state index in [-0.39, 0.29) is 24.0 Å². The van der Waals surface area contributed by atoms with Crippen molar-refractivity contribution in [1.29, 1.82) is 0 Å². The molecule has 0 saturated carbocycles. The van der Waals surface area contributed by atoms with E-state index in [1.54, 1.807) is 0 Å². The molecule has 0 spiro atoms. The predicted octanol–water partition coefficient (Wildman–Crippen LogP) is 1.83. The number of nitrogens with one attached hydrogen (secondary N) is 1. The van der Waals surface area contributed by atoms with Gasteiger partial charge in [-0.15, -0.1) is 0 Å². The minimum absolute atomic E-state index is 0.0171. The fraction of sp³-hybridized carbons (Fsp3) is 0.562. The highest BCUT2D eigenvalue weighted by Gasteiger charge is 2.33. The number of rotatable bonds is 4. The van der Waals surface area contributed by atoms with Crippen molar-refractivity contribution in [3.05, 3.63) is 35.9 Å². The summed E-state index contributed by atoms with van der Waals surface area (Å²) in [5.74, 6) is 0.180. The summed E-state index contributed by atoms with van der Waals surface area (Å²) < 4.78 is 5.76. The third kappa shape index (κ3) is 3.38. The van der Waals surface area contributed by atoms with Gasteiger partial charge in [0, 0.05) is 19.0 Å². The molecule has 1 aliphatic heterocycles. The van der Waals surface area contributed by atoms with Gasteiger partial charge in [-0.1, -0.05) is 37.3 Å². The van der Waals surface area contributed by atoms with E-state index in [1.807, 2.05) is 44.0 Å². The molecule has 0 bridgehead atoms. The summed E-state index contributed by atoms with van der Waals surface area (Å²) in [7, 11) is 1.88. The van der Waals surface area contributed by atoms with Crippen molar-refractivity contribution in [2.24, 2.45) is 5.92 Å². The molecule has 110 valence electrons. The lowest BCUT2D eigenvalue weighted by atomic mass is 10.0. The first-order valence-electron chi connectivity index (χ1n) is 7.25. The van der Waals surface area contributed by atoms with Crippen LogP contribution < -0.4 is 5.32 Å². The summed E-state index contributed by atoms with van der Waals surface area (Å²) >= 11 is 0. The van der Waals surface area contributed by atoms with Gasteiger partial charge in [-0.05, 0) is 19.5 Å². The minimum atomic E-state index is -0.0171. The van der Waals surface area contributed by atoms with Gasteiger partial charge in [0.05, 0.1) is 18.8 Å². The molecule has 1 heterocycles. The number of carbonyl (C=O) groups excluding carboxylic acids is 1. The average molecular weight is 276 g/mol. The van der Waals surface area contributed by atoms with Gasteiger partial charge in [0.15, 0.2) is 0 Å². The van der Waals surface area contributed by atoms with Crippen LogP contribution in [0, 0.1) is 5.92 Å². The second-order valence-corrected chi connectivity index (χ2v) is 5.52. The highest BCUT2D eigenvalue weighted by molar-refractivity contribution is 5.79. The second-order valence-electron chi connectivity index (χ2n) is 5.52. The maximum absolute atomic E-state index is 12.6. The Kier molecular flexibility index (Phi) is 5.15. The Labute approximate surface area is 121 Å². The zero-order valence-electron chi connectivity index (χ0n) is 12.5. The van der Waals surface area contributed by atoms with Crippen LogP contribution in [0.2, 0.25) is 0 Å². The minimum Gasteiger partial charge on any atom is -0.374 e. The molecule has 1 aromatic carbocycles. The molecular weight excluding hydrogens is 252 g/mol. The molecule has 2 rings (SSSR count). The van der Waals surface area contributed by atoms with Gasteiger partial charge in [0.2, 0.25) is 5.91 Å². The molecule has 1 aliphatic rings. The monoisotopic (exact) mass is 276 g/mol. The molecule has 3 atom stereocenters. The van der Waals surface area contributed by atoms with Gasteiger partial charge in [0.1, 0.15) is 0 Å². The van der Waals surface area contributed by atoms with Gasteiger partial charge in [-0.25, -0.2) is 0 Å². The number of morpholine rings is 1. The van der Waals surface area contributed by atoms with E-state index in [1.165, 1.54) is 0 Å². The largest absolute Gasteiger partial charge is 0.374 e. The molecule has 0 aromatic heterocycles. The summed E-state index contributed by atoms with van der Waals surface area (Å²) in [5.41, 5.74) is 1.14. The lowest BCUT2D eigenvalue weighted by Crippen LogP contribution is -2.49. The Bertz CT molecular complexity index is 435. The molecular formula is C16H24N2O2. The molecule has 1 aromatic rings. The lowest BCUT2D eigenvalue weighted by Gasteiger charge is -2.40. The number of ether oxygens (including phenoxy) is 1. The molecule has 20 heavy (non-hydrogen) atoms. The van der Waals surface area contributed by atoms with Crippen LogP contribution >= 0.6 is 0 Å². The van der Waals surface area contributed by atoms with Crippen molar-refractivity contribution in [2.45, 2.75) is 26.0 Å². The Morgan fingerprint density at radius 1 is 1.45 bits per heavy atom. The molecule has 1 amide bonds. The zero-order chi connectivity index (χ0) is 14.5. The number of amides is 1. The van der Waals surface area contributed by atoms with Crippen LogP contribution in [-0.4, -0.2) is 43.7 Å². The van der Waals surface area contributed by atoms with Crippen LogP contribution in [-0.2, 0) is 9.53 Å². The van der Waals surface area contributed by atoms with Crippen molar-refractivity contribution in [1.82, 2.24) is 10.2 Å². The topological polar surface area (TPSA) is 41.6 Å². The van der Waals surface area contributed by atoms with E-state index in [0.29, 0.717) is 19.7 Å². The first kappa shape index (κ1) is 15.0. The first-order valence-corrected chi connectivity index (χ1v) is 7.25. The van der Waals surface area contributed by atoms with Crippen LogP contribution in [0.1, 0.15) is 25.5 Å². The molecule has 4 heteroatoms. The summed E-state index contributed by atoms with van der Waals surface area (Å²) in [6.45, 7) is 5.92. The molecule has 0 radical (unpaired) electrons. The lowest BCUT2D eigenvalue weighted by molar-refractivity contribution is -0.148. The summed E-state index contributed by atoms with van der Waals surface area (Å²) in [6.07, 6.45) is 0.0979. The maximum atomic E-state index is 12.6. The quantitative estimate of drug-likeness (QED) is 0.912. The number of carbonyl (C=O) groups is 1. The highest BCUT2D eigenvalue weighted by atomic mass is 16.5. The maximum Gasteiger partial charge on any atom is 0.227 e. The van der Waals surface area contributed by atoms with Crippen LogP contribution in [0.25, 0.3) is 0 Å². The van der Waals surface area contributed by atoms with Crippen LogP contribution in [0.5, 0.6) is 0 Å². The summed E-state index contributed by atoms with van der Waals surface area (Å²) in [4.78, 5) is 14.6. The van der Waals surface area contributed by atoms with E-state index in [4.69, 9.17) is 4.74 Å². The summed E-state index contributed by atoms with van der Waals surface area (Å²) in [5, 5.41) is 3.07. The van der Waals surface area contributed by atoms with E-state index in [0.717, 1.165) is 5.56 Å². The van der Waals surface area contributed by atoms with E-state index < -0.39 is 0 Å². The van der Waals surface area contributed by atoms with Crippen LogP contribution in [0.4, 0.5) is 0 Å². The Morgan fingerprint density at radius 3 is 2.80 bits per heavy atom. The van der Waals surface area contributed by atoms with Gasteiger partial charge >= 0.3 is 0 Å². The predicted molar refractivity (Wildman–Crippen MR) is 79.4 cm³/mol. The standard InChI is InChI=1S/C16H24N2O2/c1-12(9-17-3)16(19)18-10-13(2)20-11-15(18)14-7-5-4-6-8-14/h4-8,12-13,15,17H,9-11H2,1-3H3. The van der Waals surface area contributed by atoms with Crippen molar-refractivity contribution in [3.63, 3.8) is 0 Å². The first-order chi connectivity index (χ1) is 9.63. The van der Waals surface area contributed by atoms with Crippen molar-refractivity contribution in [2.75, 3.05) is 26.7 Å². The highest BCUT2D eigenvalue weighted by Crippen LogP contribution is 2.27. The molecule has 3 unspecified atom stereocenters. The van der Waals surface area contributed by atoms with Crippen LogP contribution in [0.15, 0.2) is 30.3 Å². The fourth-order valence-electron chi connectivity index (χ4n) is 2.67. The SMILES string of the molecule is CNCC(C)C(=O)N1CC(C)OCC1c1ccccc1. The van der Waals surface area contributed by atoms with Gasteiger partial charge in [0.25, 0.3) is 0 Å². The van der Waals surface area contributed by atoms with Gasteiger partial charge < -0.3 is 15.0 Å². The normalized spacial score (nSPS) is 24.4. The Morgan fingerprint density at radius 2 is 2.15 bits per heavy atom. The van der Waals surface area contributed by atoms with Crippen LogP contribution in [0.3, 0.4) is 0 Å². The molecule has 1 fully saturated rings. The molecule has 1 N–H and O–H groups in total. The number of nitrogens with zero attached hydrogens (tertiary/aromatic N) is 1. The number of hydrogen-bond donors (Lipinski definition) is 1. The second kappa shape index (κ2) is 6.86. The van der Waals surface area contributed by atoms with E-state index >= 15 is 0 Å². The van der Waals surface area contributed by atoms with Crippen molar-refractivity contribution in [3.8, 4) is 0 Å². The Hall–Kier alpha value is -1.39. The van der Waals surface area contributed by atoms with E-state index in [2.05, 4.69) is 17.4 Å². The van der Waals surface area contributed by atoms with Crippen molar-refractivity contribution < 1.29 is 9.53 Å². The van der Waals surface area contributed by atoms with E-state index in [9.17, 15) is 4.79 Å². The molecule has 4 nitrogen and oxygen atoms in total. The summed E-state index contributed by atoms with van der Waals surface area (Å²) in [6, 6.07) is 10.2.